The Kier molecular flexibility index (Phi) is 7.89. The van der Waals surface area contributed by atoms with Crippen LogP contribution in [0.3, 0.4) is 0 Å². The summed E-state index contributed by atoms with van der Waals surface area (Å²) in [5.41, 5.74) is 2.21. The van der Waals surface area contributed by atoms with E-state index in [1.165, 1.54) is 5.56 Å². The number of rotatable bonds is 8. The standard InChI is InChI=1S/C27H34N4O3/c1-18(16-20-12-8-6-9-13-20)22-17-23(31(30-22)27(3,4)5)29-25(33)19(2)28-26(34)24(32)21-14-10-7-11-15-21/h6-15,17-19,24,32H,16H2,1-5H3,(H,28,34)(H,29,33). The lowest BCUT2D eigenvalue weighted by Gasteiger charge is -2.23. The maximum atomic E-state index is 12.9. The van der Waals surface area contributed by atoms with Crippen LogP contribution in [0.5, 0.6) is 0 Å². The molecule has 3 rings (SSSR count). The summed E-state index contributed by atoms with van der Waals surface area (Å²) in [6.45, 7) is 9.75. The van der Waals surface area contributed by atoms with Gasteiger partial charge in [0.25, 0.3) is 5.91 Å². The van der Waals surface area contributed by atoms with Gasteiger partial charge in [0, 0.05) is 12.0 Å². The molecular weight excluding hydrogens is 428 g/mol. The average Bonchev–Trinajstić information content (AvgIpc) is 3.24. The summed E-state index contributed by atoms with van der Waals surface area (Å²) in [5, 5.41) is 20.6. The van der Waals surface area contributed by atoms with E-state index in [0.29, 0.717) is 11.4 Å². The Morgan fingerprint density at radius 3 is 2.15 bits per heavy atom. The Morgan fingerprint density at radius 1 is 0.971 bits per heavy atom. The van der Waals surface area contributed by atoms with Gasteiger partial charge in [0.2, 0.25) is 5.91 Å². The largest absolute Gasteiger partial charge is 0.378 e. The van der Waals surface area contributed by atoms with Gasteiger partial charge in [-0.25, -0.2) is 4.68 Å². The Hall–Kier alpha value is -3.45. The number of hydrogen-bond acceptors (Lipinski definition) is 4. The number of carbonyl (C=O) groups is 2. The predicted molar refractivity (Wildman–Crippen MR) is 133 cm³/mol. The molecule has 0 fully saturated rings. The van der Waals surface area contributed by atoms with Gasteiger partial charge in [0.15, 0.2) is 6.10 Å². The van der Waals surface area contributed by atoms with Crippen molar-refractivity contribution in [2.75, 3.05) is 5.32 Å². The van der Waals surface area contributed by atoms with Gasteiger partial charge in [-0.15, -0.1) is 0 Å². The molecule has 3 N–H and O–H groups in total. The fraction of sp³-hybridized carbons (Fsp3) is 0.370. The van der Waals surface area contributed by atoms with Crippen LogP contribution in [0.1, 0.15) is 63.5 Å². The van der Waals surface area contributed by atoms with Gasteiger partial charge in [-0.05, 0) is 45.2 Å². The Balaban J connectivity index is 1.71. The highest BCUT2D eigenvalue weighted by atomic mass is 16.3. The highest BCUT2D eigenvalue weighted by Gasteiger charge is 2.26. The molecular formula is C27H34N4O3. The monoisotopic (exact) mass is 462 g/mol. The Morgan fingerprint density at radius 2 is 1.56 bits per heavy atom. The van der Waals surface area contributed by atoms with Crippen LogP contribution in [0.25, 0.3) is 0 Å². The smallest absolute Gasteiger partial charge is 0.254 e. The first kappa shape index (κ1) is 25.2. The minimum Gasteiger partial charge on any atom is -0.378 e. The first-order valence-electron chi connectivity index (χ1n) is 11.5. The molecule has 180 valence electrons. The summed E-state index contributed by atoms with van der Waals surface area (Å²) in [6.07, 6.45) is -0.513. The van der Waals surface area contributed by atoms with Crippen molar-refractivity contribution >= 4 is 17.6 Å². The number of nitrogens with zero attached hydrogens (tertiary/aromatic N) is 2. The lowest BCUT2D eigenvalue weighted by Crippen LogP contribution is -2.44. The Labute approximate surface area is 201 Å². The number of hydrogen-bond donors (Lipinski definition) is 3. The molecule has 3 aromatic rings. The zero-order chi connectivity index (χ0) is 24.9. The molecule has 34 heavy (non-hydrogen) atoms. The number of amides is 2. The Bertz CT molecular complexity index is 1100. The summed E-state index contributed by atoms with van der Waals surface area (Å²) >= 11 is 0. The van der Waals surface area contributed by atoms with E-state index in [9.17, 15) is 14.7 Å². The van der Waals surface area contributed by atoms with E-state index in [1.807, 2.05) is 45.0 Å². The number of aromatic nitrogens is 2. The van der Waals surface area contributed by atoms with Gasteiger partial charge in [-0.2, -0.15) is 5.10 Å². The molecule has 0 aliphatic rings. The fourth-order valence-corrected chi connectivity index (χ4v) is 3.69. The third kappa shape index (κ3) is 6.32. The van der Waals surface area contributed by atoms with E-state index >= 15 is 0 Å². The zero-order valence-corrected chi connectivity index (χ0v) is 20.4. The number of aliphatic hydroxyl groups is 1. The molecule has 0 aliphatic carbocycles. The van der Waals surface area contributed by atoms with Gasteiger partial charge in [0.05, 0.1) is 11.2 Å². The van der Waals surface area contributed by atoms with Crippen molar-refractivity contribution in [1.29, 1.82) is 0 Å². The van der Waals surface area contributed by atoms with Crippen LogP contribution in [0.2, 0.25) is 0 Å². The van der Waals surface area contributed by atoms with Gasteiger partial charge < -0.3 is 15.7 Å². The van der Waals surface area contributed by atoms with Crippen LogP contribution in [-0.2, 0) is 21.5 Å². The summed E-state index contributed by atoms with van der Waals surface area (Å²) in [6, 6.07) is 19.9. The molecule has 1 aromatic heterocycles. The van der Waals surface area contributed by atoms with Crippen LogP contribution in [0.4, 0.5) is 5.82 Å². The van der Waals surface area contributed by atoms with Crippen molar-refractivity contribution in [2.24, 2.45) is 0 Å². The molecule has 0 radical (unpaired) electrons. The predicted octanol–water partition coefficient (Wildman–Crippen LogP) is 4.16. The number of carbonyl (C=O) groups excluding carboxylic acids is 2. The van der Waals surface area contributed by atoms with Crippen LogP contribution >= 0.6 is 0 Å². The highest BCUT2D eigenvalue weighted by molar-refractivity contribution is 5.97. The van der Waals surface area contributed by atoms with Crippen molar-refractivity contribution in [3.63, 3.8) is 0 Å². The third-order valence-corrected chi connectivity index (χ3v) is 5.62. The lowest BCUT2D eigenvalue weighted by atomic mass is 9.98. The number of anilines is 1. The van der Waals surface area contributed by atoms with Gasteiger partial charge in [-0.3, -0.25) is 9.59 Å². The second-order valence-electron chi connectivity index (χ2n) is 9.66. The summed E-state index contributed by atoms with van der Waals surface area (Å²) in [5.74, 6) is -0.298. The zero-order valence-electron chi connectivity index (χ0n) is 20.4. The summed E-state index contributed by atoms with van der Waals surface area (Å²) in [4.78, 5) is 25.4. The lowest BCUT2D eigenvalue weighted by molar-refractivity contribution is -0.132. The van der Waals surface area contributed by atoms with E-state index in [4.69, 9.17) is 5.10 Å². The van der Waals surface area contributed by atoms with Crippen LogP contribution < -0.4 is 10.6 Å². The molecule has 7 nitrogen and oxygen atoms in total. The molecule has 0 saturated heterocycles. The summed E-state index contributed by atoms with van der Waals surface area (Å²) < 4.78 is 1.80. The van der Waals surface area contributed by atoms with Crippen molar-refractivity contribution in [3.05, 3.63) is 83.6 Å². The minimum atomic E-state index is -1.35. The molecule has 0 aliphatic heterocycles. The van der Waals surface area contributed by atoms with E-state index in [0.717, 1.165) is 12.1 Å². The number of nitrogens with one attached hydrogen (secondary N) is 2. The summed E-state index contributed by atoms with van der Waals surface area (Å²) in [7, 11) is 0. The number of benzene rings is 2. The second-order valence-corrected chi connectivity index (χ2v) is 9.66. The quantitative estimate of drug-likeness (QED) is 0.468. The number of aliphatic hydroxyl groups excluding tert-OH is 1. The molecule has 3 atom stereocenters. The molecule has 2 aromatic carbocycles. The van der Waals surface area contributed by atoms with Crippen LogP contribution in [-0.4, -0.2) is 32.7 Å². The first-order valence-corrected chi connectivity index (χ1v) is 11.5. The first-order chi connectivity index (χ1) is 16.1. The third-order valence-electron chi connectivity index (χ3n) is 5.62. The van der Waals surface area contributed by atoms with Crippen LogP contribution in [0, 0.1) is 0 Å². The molecule has 0 spiro atoms. The van der Waals surface area contributed by atoms with E-state index < -0.39 is 18.1 Å². The molecule has 7 heteroatoms. The fourth-order valence-electron chi connectivity index (χ4n) is 3.69. The molecule has 3 unspecified atom stereocenters. The van der Waals surface area contributed by atoms with Crippen molar-refractivity contribution in [2.45, 2.75) is 64.6 Å². The van der Waals surface area contributed by atoms with Crippen molar-refractivity contribution in [3.8, 4) is 0 Å². The van der Waals surface area contributed by atoms with Gasteiger partial charge >= 0.3 is 0 Å². The normalized spacial score (nSPS) is 14.2. The average molecular weight is 463 g/mol. The SMILES string of the molecule is CC(NC(=O)C(O)c1ccccc1)C(=O)Nc1cc(C(C)Cc2ccccc2)nn1C(C)(C)C. The van der Waals surface area contributed by atoms with E-state index in [1.54, 1.807) is 41.9 Å². The van der Waals surface area contributed by atoms with Crippen molar-refractivity contribution in [1.82, 2.24) is 15.1 Å². The maximum absolute atomic E-state index is 12.9. The maximum Gasteiger partial charge on any atom is 0.254 e. The van der Waals surface area contributed by atoms with Crippen molar-refractivity contribution < 1.29 is 14.7 Å². The van der Waals surface area contributed by atoms with Gasteiger partial charge in [0.1, 0.15) is 11.9 Å². The highest BCUT2D eigenvalue weighted by Crippen LogP contribution is 2.27. The molecule has 2 amide bonds. The topological polar surface area (TPSA) is 96.2 Å². The molecule has 0 saturated carbocycles. The van der Waals surface area contributed by atoms with Gasteiger partial charge in [-0.1, -0.05) is 67.6 Å². The van der Waals surface area contributed by atoms with Crippen LogP contribution in [0.15, 0.2) is 66.7 Å². The molecule has 1 heterocycles. The second kappa shape index (κ2) is 10.7. The van der Waals surface area contributed by atoms with E-state index in [2.05, 4.69) is 29.7 Å². The minimum absolute atomic E-state index is 0.153. The molecule has 0 bridgehead atoms. The van der Waals surface area contributed by atoms with E-state index in [-0.39, 0.29) is 17.4 Å².